The maximum Gasteiger partial charge on any atom is 0.140 e. The molecule has 1 aliphatic rings. The summed E-state index contributed by atoms with van der Waals surface area (Å²) in [7, 11) is 0. The van der Waals surface area contributed by atoms with Crippen molar-refractivity contribution in [3.8, 4) is 11.4 Å². The zero-order chi connectivity index (χ0) is 11.7. The molecule has 17 heavy (non-hydrogen) atoms. The highest BCUT2D eigenvalue weighted by atomic mass is 15.1. The number of nitrogen functional groups attached to an aromatic ring is 1. The molecule has 0 radical (unpaired) electrons. The Morgan fingerprint density at radius 1 is 1.12 bits per heavy atom. The molecular weight excluding hydrogens is 210 g/mol. The normalized spacial score (nSPS) is 16.5. The second-order valence-corrected chi connectivity index (χ2v) is 4.72. The predicted molar refractivity (Wildman–Crippen MR) is 69.6 cm³/mol. The second kappa shape index (κ2) is 4.24. The van der Waals surface area contributed by atoms with Crippen LogP contribution >= 0.6 is 0 Å². The molecule has 0 saturated heterocycles. The van der Waals surface area contributed by atoms with Gasteiger partial charge in [-0.25, -0.2) is 4.98 Å². The van der Waals surface area contributed by atoms with E-state index in [1.807, 2.05) is 30.5 Å². The zero-order valence-electron chi connectivity index (χ0n) is 9.84. The highest BCUT2D eigenvalue weighted by Gasteiger charge is 2.19. The molecule has 3 heteroatoms. The summed E-state index contributed by atoms with van der Waals surface area (Å²) in [5.41, 5.74) is 7.66. The lowest BCUT2D eigenvalue weighted by molar-refractivity contribution is 0.523. The maximum absolute atomic E-state index is 5.71. The van der Waals surface area contributed by atoms with Gasteiger partial charge in [-0.1, -0.05) is 12.8 Å². The molecule has 3 nitrogen and oxygen atoms in total. The van der Waals surface area contributed by atoms with Gasteiger partial charge in [0.05, 0.1) is 0 Å². The quantitative estimate of drug-likeness (QED) is 0.800. The van der Waals surface area contributed by atoms with E-state index in [1.165, 1.54) is 25.7 Å². The topological polar surface area (TPSA) is 43.8 Å². The van der Waals surface area contributed by atoms with Gasteiger partial charge in [0.1, 0.15) is 5.82 Å². The van der Waals surface area contributed by atoms with Gasteiger partial charge in [-0.3, -0.25) is 0 Å². The molecule has 0 atom stereocenters. The molecule has 3 rings (SSSR count). The summed E-state index contributed by atoms with van der Waals surface area (Å²) in [5.74, 6) is 1.07. The number of hydrogen-bond donors (Lipinski definition) is 1. The van der Waals surface area contributed by atoms with Crippen LogP contribution in [0, 0.1) is 0 Å². The van der Waals surface area contributed by atoms with Crippen molar-refractivity contribution in [2.24, 2.45) is 0 Å². The van der Waals surface area contributed by atoms with Crippen molar-refractivity contribution in [3.05, 3.63) is 36.7 Å². The number of benzene rings is 1. The first-order chi connectivity index (χ1) is 8.34. The maximum atomic E-state index is 5.71. The molecule has 1 fully saturated rings. The zero-order valence-corrected chi connectivity index (χ0v) is 9.84. The third kappa shape index (κ3) is 1.93. The van der Waals surface area contributed by atoms with E-state index in [4.69, 9.17) is 5.73 Å². The Kier molecular flexibility index (Phi) is 2.59. The fourth-order valence-corrected chi connectivity index (χ4v) is 2.65. The van der Waals surface area contributed by atoms with Crippen molar-refractivity contribution in [2.75, 3.05) is 5.73 Å². The SMILES string of the molecule is Nc1ccc(-c2nccn2C2CCCC2)cc1. The number of nitrogens with two attached hydrogens (primary N) is 1. The van der Waals surface area contributed by atoms with Crippen molar-refractivity contribution < 1.29 is 0 Å². The Labute approximate surface area is 101 Å². The Bertz CT molecular complexity index is 492. The monoisotopic (exact) mass is 227 g/mol. The van der Waals surface area contributed by atoms with Crippen molar-refractivity contribution in [3.63, 3.8) is 0 Å². The van der Waals surface area contributed by atoms with Crippen molar-refractivity contribution >= 4 is 5.69 Å². The Hall–Kier alpha value is -1.77. The summed E-state index contributed by atoms with van der Waals surface area (Å²) in [5, 5.41) is 0. The van der Waals surface area contributed by atoms with Gasteiger partial charge >= 0.3 is 0 Å². The largest absolute Gasteiger partial charge is 0.399 e. The third-order valence-electron chi connectivity index (χ3n) is 3.56. The standard InChI is InChI=1S/C14H17N3/c15-12-7-5-11(6-8-12)14-16-9-10-17(14)13-3-1-2-4-13/h5-10,13H,1-4,15H2. The molecule has 1 aromatic carbocycles. The molecule has 2 aromatic rings. The molecule has 1 saturated carbocycles. The molecule has 1 aliphatic carbocycles. The number of aromatic nitrogens is 2. The molecule has 1 heterocycles. The highest BCUT2D eigenvalue weighted by molar-refractivity contribution is 5.59. The van der Waals surface area contributed by atoms with Crippen molar-refractivity contribution in [1.82, 2.24) is 9.55 Å². The van der Waals surface area contributed by atoms with Crippen LogP contribution < -0.4 is 5.73 Å². The van der Waals surface area contributed by atoms with Crippen LogP contribution in [0.1, 0.15) is 31.7 Å². The molecule has 2 N–H and O–H groups in total. The van der Waals surface area contributed by atoms with Gasteiger partial charge in [-0.2, -0.15) is 0 Å². The minimum atomic E-state index is 0.630. The second-order valence-electron chi connectivity index (χ2n) is 4.72. The molecule has 1 aromatic heterocycles. The van der Waals surface area contributed by atoms with Gasteiger partial charge in [-0.05, 0) is 37.1 Å². The Morgan fingerprint density at radius 2 is 1.82 bits per heavy atom. The number of imidazole rings is 1. The molecule has 0 spiro atoms. The Morgan fingerprint density at radius 3 is 2.53 bits per heavy atom. The molecule has 88 valence electrons. The van der Waals surface area contributed by atoms with Gasteiger partial charge in [0.2, 0.25) is 0 Å². The van der Waals surface area contributed by atoms with E-state index in [2.05, 4.69) is 15.7 Å². The molecule has 0 amide bonds. The van der Waals surface area contributed by atoms with Crippen LogP contribution in [0.5, 0.6) is 0 Å². The minimum Gasteiger partial charge on any atom is -0.399 e. The van der Waals surface area contributed by atoms with E-state index in [1.54, 1.807) is 0 Å². The summed E-state index contributed by atoms with van der Waals surface area (Å²) in [6, 6.07) is 8.59. The molecule has 0 bridgehead atoms. The van der Waals surface area contributed by atoms with Crippen LogP contribution in [-0.4, -0.2) is 9.55 Å². The summed E-state index contributed by atoms with van der Waals surface area (Å²) >= 11 is 0. The van der Waals surface area contributed by atoms with Gasteiger partial charge in [0, 0.05) is 29.7 Å². The van der Waals surface area contributed by atoms with E-state index in [0.717, 1.165) is 17.1 Å². The lowest BCUT2D eigenvalue weighted by Gasteiger charge is -2.14. The van der Waals surface area contributed by atoms with Crippen LogP contribution in [0.15, 0.2) is 36.7 Å². The summed E-state index contributed by atoms with van der Waals surface area (Å²) in [6.45, 7) is 0. The van der Waals surface area contributed by atoms with Crippen LogP contribution in [0.4, 0.5) is 5.69 Å². The van der Waals surface area contributed by atoms with Gasteiger partial charge < -0.3 is 10.3 Å². The van der Waals surface area contributed by atoms with Gasteiger partial charge in [0.25, 0.3) is 0 Å². The fraction of sp³-hybridized carbons (Fsp3) is 0.357. The van der Waals surface area contributed by atoms with Crippen LogP contribution in [-0.2, 0) is 0 Å². The summed E-state index contributed by atoms with van der Waals surface area (Å²) in [4.78, 5) is 4.48. The predicted octanol–water partition coefficient (Wildman–Crippen LogP) is 3.25. The van der Waals surface area contributed by atoms with Gasteiger partial charge in [0.15, 0.2) is 0 Å². The first-order valence-electron chi connectivity index (χ1n) is 6.23. The van der Waals surface area contributed by atoms with E-state index >= 15 is 0 Å². The first-order valence-corrected chi connectivity index (χ1v) is 6.23. The van der Waals surface area contributed by atoms with Crippen LogP contribution in [0.25, 0.3) is 11.4 Å². The van der Waals surface area contributed by atoms with E-state index in [-0.39, 0.29) is 0 Å². The lowest BCUT2D eigenvalue weighted by atomic mass is 10.1. The molecule has 0 aliphatic heterocycles. The van der Waals surface area contributed by atoms with E-state index in [0.29, 0.717) is 6.04 Å². The number of anilines is 1. The lowest BCUT2D eigenvalue weighted by Crippen LogP contribution is -2.05. The summed E-state index contributed by atoms with van der Waals surface area (Å²) < 4.78 is 2.32. The third-order valence-corrected chi connectivity index (χ3v) is 3.56. The van der Waals surface area contributed by atoms with E-state index < -0.39 is 0 Å². The smallest absolute Gasteiger partial charge is 0.140 e. The van der Waals surface area contributed by atoms with Crippen molar-refractivity contribution in [1.29, 1.82) is 0 Å². The fourth-order valence-electron chi connectivity index (χ4n) is 2.65. The average Bonchev–Trinajstić information content (AvgIpc) is 3.00. The number of hydrogen-bond acceptors (Lipinski definition) is 2. The number of nitrogens with zero attached hydrogens (tertiary/aromatic N) is 2. The molecule has 0 unspecified atom stereocenters. The minimum absolute atomic E-state index is 0.630. The Balaban J connectivity index is 1.97. The molecular formula is C14H17N3. The van der Waals surface area contributed by atoms with Crippen LogP contribution in [0.2, 0.25) is 0 Å². The first kappa shape index (κ1) is 10.4. The van der Waals surface area contributed by atoms with Crippen molar-refractivity contribution in [2.45, 2.75) is 31.7 Å². The van der Waals surface area contributed by atoms with E-state index in [9.17, 15) is 0 Å². The van der Waals surface area contributed by atoms with Crippen LogP contribution in [0.3, 0.4) is 0 Å². The van der Waals surface area contributed by atoms with Gasteiger partial charge in [-0.15, -0.1) is 0 Å². The number of rotatable bonds is 2. The highest BCUT2D eigenvalue weighted by Crippen LogP contribution is 2.32. The summed E-state index contributed by atoms with van der Waals surface area (Å²) in [6.07, 6.45) is 9.22. The average molecular weight is 227 g/mol.